The Balaban J connectivity index is 2.12. The van der Waals surface area contributed by atoms with Gasteiger partial charge in [-0.05, 0) is 55.3 Å². The van der Waals surface area contributed by atoms with E-state index in [1.807, 2.05) is 6.92 Å². The van der Waals surface area contributed by atoms with Gasteiger partial charge < -0.3 is 10.4 Å². The molecule has 2 N–H and O–H groups in total. The van der Waals surface area contributed by atoms with Gasteiger partial charge in [-0.3, -0.25) is 0 Å². The third kappa shape index (κ3) is 2.30. The van der Waals surface area contributed by atoms with Gasteiger partial charge in [-0.2, -0.15) is 4.98 Å². The fourth-order valence-corrected chi connectivity index (χ4v) is 3.24. The summed E-state index contributed by atoms with van der Waals surface area (Å²) in [6, 6.07) is 6.81. The van der Waals surface area contributed by atoms with Crippen molar-refractivity contribution in [3.05, 3.63) is 40.0 Å². The number of aromatic hydroxyl groups is 1. The maximum atomic E-state index is 9.31. The number of halogens is 1. The number of rotatable bonds is 2. The van der Waals surface area contributed by atoms with E-state index in [4.69, 9.17) is 11.6 Å². The molecule has 1 aromatic carbocycles. The number of thiophene rings is 1. The summed E-state index contributed by atoms with van der Waals surface area (Å²) in [7, 11) is 0. The molecule has 0 spiro atoms. The second kappa shape index (κ2) is 4.92. The SMILES string of the molecule is Cc1sc2nc(Cl)nc(Nc3ccc(O)cc3)c2c1C. The van der Waals surface area contributed by atoms with Crippen molar-refractivity contribution in [2.45, 2.75) is 13.8 Å². The van der Waals surface area contributed by atoms with Gasteiger partial charge in [0.1, 0.15) is 16.4 Å². The lowest BCUT2D eigenvalue weighted by atomic mass is 10.2. The molecule has 3 aromatic rings. The van der Waals surface area contributed by atoms with Gasteiger partial charge in [0.15, 0.2) is 0 Å². The minimum atomic E-state index is 0.222. The van der Waals surface area contributed by atoms with Crippen LogP contribution in [0.4, 0.5) is 11.5 Å². The average Bonchev–Trinajstić information content (AvgIpc) is 2.67. The third-order valence-corrected chi connectivity index (χ3v) is 4.40. The number of nitrogens with one attached hydrogen (secondary N) is 1. The van der Waals surface area contributed by atoms with Crippen molar-refractivity contribution in [1.82, 2.24) is 9.97 Å². The Hall–Kier alpha value is -1.85. The first-order valence-corrected chi connectivity index (χ1v) is 7.23. The molecule has 3 rings (SSSR count). The Kier molecular flexibility index (Phi) is 3.23. The van der Waals surface area contributed by atoms with Gasteiger partial charge in [0.2, 0.25) is 5.28 Å². The molecule has 0 aliphatic heterocycles. The molecule has 0 saturated carbocycles. The number of hydrogen-bond donors (Lipinski definition) is 2. The fourth-order valence-electron chi connectivity index (χ4n) is 2.00. The van der Waals surface area contributed by atoms with Crippen LogP contribution in [0.3, 0.4) is 0 Å². The minimum absolute atomic E-state index is 0.222. The maximum absolute atomic E-state index is 9.31. The lowest BCUT2D eigenvalue weighted by Gasteiger charge is -2.08. The summed E-state index contributed by atoms with van der Waals surface area (Å²) in [6.07, 6.45) is 0. The van der Waals surface area contributed by atoms with Crippen LogP contribution in [0.15, 0.2) is 24.3 Å². The number of fused-ring (bicyclic) bond motifs is 1. The molecule has 0 radical (unpaired) electrons. The van der Waals surface area contributed by atoms with Gasteiger partial charge in [0, 0.05) is 10.6 Å². The van der Waals surface area contributed by atoms with E-state index < -0.39 is 0 Å². The number of phenolic OH excluding ortho intramolecular Hbond substituents is 1. The van der Waals surface area contributed by atoms with Gasteiger partial charge in [0.05, 0.1) is 5.39 Å². The monoisotopic (exact) mass is 305 g/mol. The second-order valence-electron chi connectivity index (χ2n) is 4.48. The van der Waals surface area contributed by atoms with E-state index in [9.17, 15) is 5.11 Å². The normalized spacial score (nSPS) is 10.9. The Labute approximate surface area is 125 Å². The highest BCUT2D eigenvalue weighted by Crippen LogP contribution is 2.35. The zero-order chi connectivity index (χ0) is 14.3. The van der Waals surface area contributed by atoms with E-state index in [1.165, 1.54) is 4.88 Å². The molecule has 0 bridgehead atoms. The Morgan fingerprint density at radius 3 is 2.55 bits per heavy atom. The van der Waals surface area contributed by atoms with Crippen LogP contribution in [0.5, 0.6) is 5.75 Å². The number of aryl methyl sites for hydroxylation is 2. The van der Waals surface area contributed by atoms with Crippen LogP contribution in [0, 0.1) is 13.8 Å². The zero-order valence-corrected chi connectivity index (χ0v) is 12.5. The zero-order valence-electron chi connectivity index (χ0n) is 10.9. The largest absolute Gasteiger partial charge is 0.508 e. The number of aromatic nitrogens is 2. The van der Waals surface area contributed by atoms with Gasteiger partial charge in [-0.1, -0.05) is 0 Å². The van der Waals surface area contributed by atoms with Crippen LogP contribution in [0.2, 0.25) is 5.28 Å². The quantitative estimate of drug-likeness (QED) is 0.544. The summed E-state index contributed by atoms with van der Waals surface area (Å²) in [5.41, 5.74) is 1.99. The molecule has 6 heteroatoms. The van der Waals surface area contributed by atoms with Gasteiger partial charge in [0.25, 0.3) is 0 Å². The van der Waals surface area contributed by atoms with Crippen LogP contribution in [0.25, 0.3) is 10.2 Å². The van der Waals surface area contributed by atoms with Crippen LogP contribution in [-0.2, 0) is 0 Å². The van der Waals surface area contributed by atoms with Crippen molar-refractivity contribution in [3.8, 4) is 5.75 Å². The molecule has 2 aromatic heterocycles. The molecule has 2 heterocycles. The molecule has 20 heavy (non-hydrogen) atoms. The first kappa shape index (κ1) is 13.1. The maximum Gasteiger partial charge on any atom is 0.225 e. The highest BCUT2D eigenvalue weighted by Gasteiger charge is 2.14. The lowest BCUT2D eigenvalue weighted by molar-refractivity contribution is 0.475. The smallest absolute Gasteiger partial charge is 0.225 e. The van der Waals surface area contributed by atoms with Gasteiger partial charge >= 0.3 is 0 Å². The number of nitrogens with zero attached hydrogens (tertiary/aromatic N) is 2. The number of anilines is 2. The van der Waals surface area contributed by atoms with Crippen molar-refractivity contribution < 1.29 is 5.11 Å². The van der Waals surface area contributed by atoms with E-state index in [0.29, 0.717) is 5.82 Å². The standard InChI is InChI=1S/C14H12ClN3OS/c1-7-8(2)20-13-11(7)12(17-14(15)18-13)16-9-3-5-10(19)6-4-9/h3-6,19H,1-2H3,(H,16,17,18). The molecule has 0 atom stereocenters. The van der Waals surface area contributed by atoms with Crippen LogP contribution >= 0.6 is 22.9 Å². The molecule has 0 aliphatic rings. The van der Waals surface area contributed by atoms with Gasteiger partial charge in [-0.25, -0.2) is 4.98 Å². The van der Waals surface area contributed by atoms with E-state index >= 15 is 0 Å². The van der Waals surface area contributed by atoms with Gasteiger partial charge in [-0.15, -0.1) is 11.3 Å². The second-order valence-corrected chi connectivity index (χ2v) is 6.02. The van der Waals surface area contributed by atoms with E-state index in [0.717, 1.165) is 21.5 Å². The number of phenols is 1. The molecule has 4 nitrogen and oxygen atoms in total. The number of hydrogen-bond acceptors (Lipinski definition) is 5. The van der Waals surface area contributed by atoms with E-state index in [-0.39, 0.29) is 11.0 Å². The van der Waals surface area contributed by atoms with Crippen molar-refractivity contribution in [2.75, 3.05) is 5.32 Å². The molecule has 0 aliphatic carbocycles. The third-order valence-electron chi connectivity index (χ3n) is 3.13. The highest BCUT2D eigenvalue weighted by molar-refractivity contribution is 7.18. The predicted octanol–water partition coefficient (Wildman–Crippen LogP) is 4.41. The van der Waals surface area contributed by atoms with Crippen LogP contribution in [0.1, 0.15) is 10.4 Å². The summed E-state index contributed by atoms with van der Waals surface area (Å²) in [6.45, 7) is 4.10. The first-order chi connectivity index (χ1) is 9.54. The number of benzene rings is 1. The first-order valence-electron chi connectivity index (χ1n) is 6.04. The van der Waals surface area contributed by atoms with E-state index in [2.05, 4.69) is 22.2 Å². The Morgan fingerprint density at radius 2 is 1.85 bits per heavy atom. The van der Waals surface area contributed by atoms with E-state index in [1.54, 1.807) is 35.6 Å². The molecular weight excluding hydrogens is 294 g/mol. The summed E-state index contributed by atoms with van der Waals surface area (Å²) < 4.78 is 0. The minimum Gasteiger partial charge on any atom is -0.508 e. The molecule has 0 unspecified atom stereocenters. The summed E-state index contributed by atoms with van der Waals surface area (Å²) in [4.78, 5) is 10.6. The molecule has 0 saturated heterocycles. The Morgan fingerprint density at radius 1 is 1.15 bits per heavy atom. The highest BCUT2D eigenvalue weighted by atomic mass is 35.5. The molecular formula is C14H12ClN3OS. The fraction of sp³-hybridized carbons (Fsp3) is 0.143. The topological polar surface area (TPSA) is 58.0 Å². The van der Waals surface area contributed by atoms with Crippen molar-refractivity contribution >= 4 is 44.7 Å². The average molecular weight is 306 g/mol. The predicted molar refractivity (Wildman–Crippen MR) is 83.3 cm³/mol. The summed E-state index contributed by atoms with van der Waals surface area (Å²) in [5, 5.41) is 13.8. The van der Waals surface area contributed by atoms with Crippen LogP contribution < -0.4 is 5.32 Å². The molecule has 102 valence electrons. The van der Waals surface area contributed by atoms with Crippen molar-refractivity contribution in [2.24, 2.45) is 0 Å². The van der Waals surface area contributed by atoms with Crippen molar-refractivity contribution in [1.29, 1.82) is 0 Å². The summed E-state index contributed by atoms with van der Waals surface area (Å²) in [5.74, 6) is 0.913. The van der Waals surface area contributed by atoms with Crippen molar-refractivity contribution in [3.63, 3.8) is 0 Å². The lowest BCUT2D eigenvalue weighted by Crippen LogP contribution is -1.96. The molecule has 0 amide bonds. The van der Waals surface area contributed by atoms with Crippen LogP contribution in [-0.4, -0.2) is 15.1 Å². The molecule has 0 fully saturated rings. The summed E-state index contributed by atoms with van der Waals surface area (Å²) >= 11 is 7.59. The Bertz CT molecular complexity index is 783.